The Hall–Kier alpha value is -0.353. The highest BCUT2D eigenvalue weighted by atomic mass is 28.4. The van der Waals surface area contributed by atoms with E-state index in [1.807, 2.05) is 0 Å². The Kier molecular flexibility index (Phi) is 14.6. The Labute approximate surface area is 158 Å². The molecule has 0 heterocycles. The molecule has 4 heteroatoms. The molecule has 0 N–H and O–H groups in total. The standard InChI is InChI=1S/C21H44O3Si/c1-19(2)17-15-13-11-9-7-8-10-12-14-16-18-20(21(22)23-3)24-25(4,5)6/h19-20H,7-18H2,1-6H3. The molecule has 3 nitrogen and oxygen atoms in total. The third-order valence-electron chi connectivity index (χ3n) is 4.46. The number of hydrogen-bond donors (Lipinski definition) is 0. The van der Waals surface area contributed by atoms with E-state index in [1.165, 1.54) is 71.3 Å². The van der Waals surface area contributed by atoms with Gasteiger partial charge in [-0.2, -0.15) is 0 Å². The lowest BCUT2D eigenvalue weighted by atomic mass is 10.0. The van der Waals surface area contributed by atoms with E-state index in [0.29, 0.717) is 0 Å². The summed E-state index contributed by atoms with van der Waals surface area (Å²) in [5, 5.41) is 0. The third kappa shape index (κ3) is 16.8. The second-order valence-electron chi connectivity index (χ2n) is 8.75. The fraction of sp³-hybridized carbons (Fsp3) is 0.952. The summed E-state index contributed by atoms with van der Waals surface area (Å²) >= 11 is 0. The fourth-order valence-corrected chi connectivity index (χ4v) is 4.15. The number of hydrogen-bond acceptors (Lipinski definition) is 3. The minimum Gasteiger partial charge on any atom is -0.467 e. The molecule has 0 rings (SSSR count). The highest BCUT2D eigenvalue weighted by Gasteiger charge is 2.26. The average Bonchev–Trinajstić information content (AvgIpc) is 2.52. The Morgan fingerprint density at radius 3 is 1.52 bits per heavy atom. The van der Waals surface area contributed by atoms with Gasteiger partial charge in [0.1, 0.15) is 6.10 Å². The average molecular weight is 373 g/mol. The van der Waals surface area contributed by atoms with Crippen LogP contribution in [0.2, 0.25) is 19.6 Å². The van der Waals surface area contributed by atoms with Crippen LogP contribution in [0.4, 0.5) is 0 Å². The van der Waals surface area contributed by atoms with Gasteiger partial charge in [0.25, 0.3) is 0 Å². The molecular formula is C21H44O3Si. The zero-order valence-electron chi connectivity index (χ0n) is 17.9. The molecule has 0 fully saturated rings. The van der Waals surface area contributed by atoms with Crippen LogP contribution in [0.5, 0.6) is 0 Å². The van der Waals surface area contributed by atoms with E-state index in [4.69, 9.17) is 9.16 Å². The molecule has 0 bridgehead atoms. The highest BCUT2D eigenvalue weighted by Crippen LogP contribution is 2.17. The van der Waals surface area contributed by atoms with Crippen LogP contribution in [0, 0.1) is 5.92 Å². The largest absolute Gasteiger partial charge is 0.467 e. The zero-order valence-corrected chi connectivity index (χ0v) is 18.9. The van der Waals surface area contributed by atoms with E-state index >= 15 is 0 Å². The molecule has 0 radical (unpaired) electrons. The Bertz CT molecular complexity index is 324. The summed E-state index contributed by atoms with van der Waals surface area (Å²) in [5.41, 5.74) is 0. The molecule has 0 amide bonds. The molecule has 0 spiro atoms. The lowest BCUT2D eigenvalue weighted by Gasteiger charge is -2.24. The van der Waals surface area contributed by atoms with E-state index in [-0.39, 0.29) is 12.1 Å². The molecule has 1 unspecified atom stereocenters. The Morgan fingerprint density at radius 1 is 0.760 bits per heavy atom. The van der Waals surface area contributed by atoms with Crippen molar-refractivity contribution in [2.24, 2.45) is 5.92 Å². The van der Waals surface area contributed by atoms with Crippen molar-refractivity contribution < 1.29 is 14.0 Å². The molecule has 0 aromatic carbocycles. The van der Waals surface area contributed by atoms with Crippen LogP contribution in [0.3, 0.4) is 0 Å². The van der Waals surface area contributed by atoms with Crippen molar-refractivity contribution in [2.45, 2.75) is 117 Å². The van der Waals surface area contributed by atoms with Gasteiger partial charge in [-0.05, 0) is 32.0 Å². The fourth-order valence-electron chi connectivity index (χ4n) is 3.08. The van der Waals surface area contributed by atoms with E-state index in [1.54, 1.807) is 0 Å². The lowest BCUT2D eigenvalue weighted by Crippen LogP contribution is -2.37. The van der Waals surface area contributed by atoms with Crippen LogP contribution >= 0.6 is 0 Å². The minimum absolute atomic E-state index is 0.208. The summed E-state index contributed by atoms with van der Waals surface area (Å²) < 4.78 is 10.8. The van der Waals surface area contributed by atoms with Gasteiger partial charge < -0.3 is 9.16 Å². The molecule has 0 aliphatic rings. The maximum Gasteiger partial charge on any atom is 0.333 e. The van der Waals surface area contributed by atoms with E-state index in [0.717, 1.165) is 18.8 Å². The third-order valence-corrected chi connectivity index (χ3v) is 5.45. The maximum absolute atomic E-state index is 11.8. The van der Waals surface area contributed by atoms with Gasteiger partial charge in [-0.1, -0.05) is 84.5 Å². The smallest absolute Gasteiger partial charge is 0.333 e. The Balaban J connectivity index is 3.56. The van der Waals surface area contributed by atoms with Gasteiger partial charge in [0.05, 0.1) is 7.11 Å². The zero-order chi connectivity index (χ0) is 19.1. The molecule has 0 aliphatic carbocycles. The molecule has 150 valence electrons. The van der Waals surface area contributed by atoms with Gasteiger partial charge in [0, 0.05) is 0 Å². The van der Waals surface area contributed by atoms with Crippen molar-refractivity contribution >= 4 is 14.3 Å². The van der Waals surface area contributed by atoms with Crippen LogP contribution in [-0.4, -0.2) is 27.5 Å². The summed E-state index contributed by atoms with van der Waals surface area (Å²) in [6, 6.07) is 0. The first-order chi connectivity index (χ1) is 11.8. The van der Waals surface area contributed by atoms with Crippen LogP contribution in [-0.2, 0) is 14.0 Å². The van der Waals surface area contributed by atoms with Gasteiger partial charge in [-0.25, -0.2) is 4.79 Å². The van der Waals surface area contributed by atoms with Crippen molar-refractivity contribution in [3.05, 3.63) is 0 Å². The summed E-state index contributed by atoms with van der Waals surface area (Å²) in [7, 11) is -0.257. The normalized spacial score (nSPS) is 13.2. The van der Waals surface area contributed by atoms with Gasteiger partial charge in [-0.3, -0.25) is 0 Å². The van der Waals surface area contributed by atoms with Gasteiger partial charge in [-0.15, -0.1) is 0 Å². The quantitative estimate of drug-likeness (QED) is 0.171. The number of methoxy groups -OCH3 is 1. The van der Waals surface area contributed by atoms with Crippen molar-refractivity contribution in [2.75, 3.05) is 7.11 Å². The molecule has 0 aliphatic heterocycles. The van der Waals surface area contributed by atoms with Crippen molar-refractivity contribution in [3.63, 3.8) is 0 Å². The first-order valence-corrected chi connectivity index (χ1v) is 13.9. The first-order valence-electron chi connectivity index (χ1n) is 10.5. The van der Waals surface area contributed by atoms with Gasteiger partial charge in [0.15, 0.2) is 8.32 Å². The SMILES string of the molecule is COC(=O)C(CCCCCCCCCCCCC(C)C)O[Si](C)(C)C. The van der Waals surface area contributed by atoms with E-state index < -0.39 is 8.32 Å². The van der Waals surface area contributed by atoms with E-state index in [2.05, 4.69) is 33.5 Å². The summed E-state index contributed by atoms with van der Waals surface area (Å²) in [4.78, 5) is 11.8. The predicted octanol–water partition coefficient (Wildman–Crippen LogP) is 6.72. The number of unbranched alkanes of at least 4 members (excludes halogenated alkanes) is 9. The predicted molar refractivity (Wildman–Crippen MR) is 110 cm³/mol. The summed E-state index contributed by atoms with van der Waals surface area (Å²) in [6.45, 7) is 11.0. The molecule has 0 aromatic heterocycles. The monoisotopic (exact) mass is 372 g/mol. The number of carbonyl (C=O) groups excluding carboxylic acids is 1. The maximum atomic E-state index is 11.8. The lowest BCUT2D eigenvalue weighted by molar-refractivity contribution is -0.149. The molecule has 0 saturated carbocycles. The number of ether oxygens (including phenoxy) is 1. The molecule has 0 saturated heterocycles. The van der Waals surface area contributed by atoms with Crippen LogP contribution < -0.4 is 0 Å². The minimum atomic E-state index is -1.71. The summed E-state index contributed by atoms with van der Waals surface area (Å²) in [6.07, 6.45) is 15.0. The van der Waals surface area contributed by atoms with Crippen molar-refractivity contribution in [1.29, 1.82) is 0 Å². The summed E-state index contributed by atoms with van der Waals surface area (Å²) in [5.74, 6) is 0.648. The number of carbonyl (C=O) groups is 1. The topological polar surface area (TPSA) is 35.5 Å². The van der Waals surface area contributed by atoms with Crippen LogP contribution in [0.25, 0.3) is 0 Å². The Morgan fingerprint density at radius 2 is 1.16 bits per heavy atom. The van der Waals surface area contributed by atoms with Gasteiger partial charge >= 0.3 is 5.97 Å². The molecule has 0 aromatic rings. The molecule has 1 atom stereocenters. The number of rotatable bonds is 16. The van der Waals surface area contributed by atoms with Crippen LogP contribution in [0.1, 0.15) is 90.9 Å². The first kappa shape index (κ1) is 24.6. The van der Waals surface area contributed by atoms with Gasteiger partial charge in [0.2, 0.25) is 0 Å². The van der Waals surface area contributed by atoms with Crippen molar-refractivity contribution in [1.82, 2.24) is 0 Å². The van der Waals surface area contributed by atoms with Crippen molar-refractivity contribution in [3.8, 4) is 0 Å². The second kappa shape index (κ2) is 14.8. The number of esters is 1. The second-order valence-corrected chi connectivity index (χ2v) is 13.2. The molecule has 25 heavy (non-hydrogen) atoms. The molecular weight excluding hydrogens is 328 g/mol. The van der Waals surface area contributed by atoms with E-state index in [9.17, 15) is 4.79 Å². The van der Waals surface area contributed by atoms with Crippen LogP contribution in [0.15, 0.2) is 0 Å². The highest BCUT2D eigenvalue weighted by molar-refractivity contribution is 6.69.